The highest BCUT2D eigenvalue weighted by Gasteiger charge is 2.34. The molecule has 0 saturated carbocycles. The molecule has 0 aliphatic carbocycles. The Hall–Kier alpha value is -1.30. The van der Waals surface area contributed by atoms with Crippen LogP contribution in [0.2, 0.25) is 15.1 Å². The number of nitrogens with zero attached hydrogens (tertiary/aromatic N) is 1. The van der Waals surface area contributed by atoms with Crippen molar-refractivity contribution in [3.63, 3.8) is 0 Å². The summed E-state index contributed by atoms with van der Waals surface area (Å²) in [6.07, 6.45) is 0. The number of carbonyl (C=O) groups is 2. The summed E-state index contributed by atoms with van der Waals surface area (Å²) < 4.78 is 0. The van der Waals surface area contributed by atoms with E-state index in [1.165, 1.54) is 6.07 Å². The number of amides is 1. The van der Waals surface area contributed by atoms with Crippen LogP contribution >= 0.6 is 34.8 Å². The monoisotopic (exact) mass is 292 g/mol. The summed E-state index contributed by atoms with van der Waals surface area (Å²) in [5.74, 6) is -1.64. The number of rotatable bonds is 0. The molecule has 88 valence electrons. The van der Waals surface area contributed by atoms with E-state index in [-0.39, 0.29) is 26.3 Å². The number of fused-ring (bicyclic) bond motifs is 1. The second kappa shape index (κ2) is 4.18. The van der Waals surface area contributed by atoms with E-state index in [4.69, 9.17) is 40.0 Å². The molecule has 1 aliphatic rings. The van der Waals surface area contributed by atoms with Gasteiger partial charge in [-0.15, -0.1) is 0 Å². The van der Waals surface area contributed by atoms with Gasteiger partial charge >= 0.3 is 0 Å². The van der Waals surface area contributed by atoms with Crippen LogP contribution in [0.3, 0.4) is 0 Å². The van der Waals surface area contributed by atoms with Crippen LogP contribution < -0.4 is 5.32 Å². The molecule has 0 unspecified atom stereocenters. The van der Waals surface area contributed by atoms with E-state index in [0.29, 0.717) is 0 Å². The summed E-state index contributed by atoms with van der Waals surface area (Å²) in [4.78, 5) is 23.2. The highest BCUT2D eigenvalue weighted by atomic mass is 35.5. The van der Waals surface area contributed by atoms with Crippen molar-refractivity contribution in [2.45, 2.75) is 0 Å². The van der Waals surface area contributed by atoms with Gasteiger partial charge in [0.1, 0.15) is 0 Å². The normalized spacial score (nSPS) is 17.0. The maximum absolute atomic E-state index is 11.8. The van der Waals surface area contributed by atoms with E-state index in [0.717, 1.165) is 0 Å². The van der Waals surface area contributed by atoms with Gasteiger partial charge in [-0.3, -0.25) is 9.59 Å². The van der Waals surface area contributed by atoms with Crippen molar-refractivity contribution < 1.29 is 14.8 Å². The molecule has 2 rings (SSSR count). The summed E-state index contributed by atoms with van der Waals surface area (Å²) in [7, 11) is 0. The van der Waals surface area contributed by atoms with Crippen molar-refractivity contribution in [1.82, 2.24) is 0 Å². The fourth-order valence-corrected chi connectivity index (χ4v) is 2.10. The van der Waals surface area contributed by atoms with Gasteiger partial charge in [-0.2, -0.15) is 0 Å². The number of Topliss-reactive ketones (excluding diaryl/α,β-unsaturated/α-hetero) is 1. The largest absolute Gasteiger partial charge is 0.410 e. The standard InChI is InChI=1S/C9H3Cl3N2O3/c10-2-1-3-4(6(12)5(2)11)8(15)7(14-17)9(16)13-3/h1,17H,(H,13,16). The first kappa shape index (κ1) is 12.2. The van der Waals surface area contributed by atoms with Crippen LogP contribution in [-0.2, 0) is 4.79 Å². The predicted octanol–water partition coefficient (Wildman–Crippen LogP) is 2.61. The molecule has 1 amide bonds. The Morgan fingerprint density at radius 3 is 2.41 bits per heavy atom. The van der Waals surface area contributed by atoms with Gasteiger partial charge in [-0.25, -0.2) is 0 Å². The molecule has 8 heteroatoms. The zero-order chi connectivity index (χ0) is 12.7. The minimum absolute atomic E-state index is 0.00567. The second-order valence-corrected chi connectivity index (χ2v) is 4.30. The molecule has 17 heavy (non-hydrogen) atoms. The van der Waals surface area contributed by atoms with Crippen LogP contribution in [0.25, 0.3) is 0 Å². The molecule has 0 spiro atoms. The van der Waals surface area contributed by atoms with Gasteiger partial charge in [0, 0.05) is 0 Å². The van der Waals surface area contributed by atoms with Crippen LogP contribution in [0, 0.1) is 0 Å². The molecule has 0 bridgehead atoms. The van der Waals surface area contributed by atoms with Crippen molar-refractivity contribution in [1.29, 1.82) is 0 Å². The Labute approximate surface area is 110 Å². The van der Waals surface area contributed by atoms with Crippen LogP contribution in [0.5, 0.6) is 0 Å². The van der Waals surface area contributed by atoms with E-state index in [9.17, 15) is 9.59 Å². The van der Waals surface area contributed by atoms with E-state index < -0.39 is 17.4 Å². The highest BCUT2D eigenvalue weighted by Crippen LogP contribution is 2.39. The number of anilines is 1. The predicted molar refractivity (Wildman–Crippen MR) is 63.7 cm³/mol. The van der Waals surface area contributed by atoms with Crippen LogP contribution in [-0.4, -0.2) is 22.6 Å². The number of benzene rings is 1. The number of carbonyl (C=O) groups excluding carboxylic acids is 2. The zero-order valence-electron chi connectivity index (χ0n) is 7.92. The number of ketones is 1. The van der Waals surface area contributed by atoms with Crippen molar-refractivity contribution in [3.05, 3.63) is 26.7 Å². The molecule has 1 heterocycles. The zero-order valence-corrected chi connectivity index (χ0v) is 10.2. The van der Waals surface area contributed by atoms with Gasteiger partial charge in [-0.1, -0.05) is 40.0 Å². The quantitative estimate of drug-likeness (QED) is 0.438. The molecule has 1 aromatic rings. The molecule has 1 aromatic carbocycles. The van der Waals surface area contributed by atoms with E-state index in [1.807, 2.05) is 0 Å². The molecular weight excluding hydrogens is 290 g/mol. The second-order valence-electron chi connectivity index (χ2n) is 3.14. The fourth-order valence-electron chi connectivity index (χ4n) is 1.41. The topological polar surface area (TPSA) is 78.8 Å². The molecule has 1 aliphatic heterocycles. The minimum atomic E-state index is -0.834. The van der Waals surface area contributed by atoms with Gasteiger partial charge in [0.05, 0.1) is 26.3 Å². The average molecular weight is 293 g/mol. The molecule has 0 fully saturated rings. The van der Waals surface area contributed by atoms with Gasteiger partial charge in [-0.05, 0) is 6.07 Å². The van der Waals surface area contributed by atoms with E-state index in [2.05, 4.69) is 10.5 Å². The Kier molecular flexibility index (Phi) is 2.99. The number of halogens is 3. The Balaban J connectivity index is 2.75. The lowest BCUT2D eigenvalue weighted by atomic mass is 10.00. The Bertz CT molecular complexity index is 583. The average Bonchev–Trinajstić information content (AvgIpc) is 2.26. The molecule has 0 saturated heterocycles. The van der Waals surface area contributed by atoms with Gasteiger partial charge in [0.2, 0.25) is 11.5 Å². The third-order valence-electron chi connectivity index (χ3n) is 2.17. The Morgan fingerprint density at radius 2 is 1.82 bits per heavy atom. The molecule has 2 N–H and O–H groups in total. The number of hydrogen-bond acceptors (Lipinski definition) is 4. The molecule has 0 radical (unpaired) electrons. The third-order valence-corrected chi connectivity index (χ3v) is 3.43. The van der Waals surface area contributed by atoms with Gasteiger partial charge in [0.25, 0.3) is 5.91 Å². The molecular formula is C9H3Cl3N2O3. The van der Waals surface area contributed by atoms with Gasteiger partial charge < -0.3 is 10.5 Å². The van der Waals surface area contributed by atoms with Crippen molar-refractivity contribution >= 4 is 57.9 Å². The lowest BCUT2D eigenvalue weighted by Crippen LogP contribution is -2.36. The van der Waals surface area contributed by atoms with E-state index in [1.54, 1.807) is 0 Å². The minimum Gasteiger partial charge on any atom is -0.410 e. The summed E-state index contributed by atoms with van der Waals surface area (Å²) in [6.45, 7) is 0. The first-order chi connectivity index (χ1) is 7.97. The maximum atomic E-state index is 11.8. The summed E-state index contributed by atoms with van der Waals surface area (Å²) in [5, 5.41) is 13.5. The molecule has 0 aromatic heterocycles. The fraction of sp³-hybridized carbons (Fsp3) is 0. The van der Waals surface area contributed by atoms with Crippen LogP contribution in [0.15, 0.2) is 11.2 Å². The van der Waals surface area contributed by atoms with Crippen molar-refractivity contribution in [3.8, 4) is 0 Å². The van der Waals surface area contributed by atoms with Crippen molar-refractivity contribution in [2.75, 3.05) is 5.32 Å². The SMILES string of the molecule is O=C1Nc2cc(Cl)c(Cl)c(Cl)c2C(=O)C1=NO. The molecule has 5 nitrogen and oxygen atoms in total. The first-order valence-corrected chi connectivity index (χ1v) is 5.36. The summed E-state index contributed by atoms with van der Waals surface area (Å²) in [6, 6.07) is 1.30. The van der Waals surface area contributed by atoms with Crippen LogP contribution in [0.4, 0.5) is 5.69 Å². The first-order valence-electron chi connectivity index (χ1n) is 4.23. The summed E-state index contributed by atoms with van der Waals surface area (Å²) in [5.41, 5.74) is -0.571. The van der Waals surface area contributed by atoms with Gasteiger partial charge in [0.15, 0.2) is 0 Å². The highest BCUT2D eigenvalue weighted by molar-refractivity contribution is 6.73. The number of oxime groups is 1. The lowest BCUT2D eigenvalue weighted by molar-refractivity contribution is -0.110. The van der Waals surface area contributed by atoms with E-state index >= 15 is 0 Å². The lowest BCUT2D eigenvalue weighted by Gasteiger charge is -2.18. The smallest absolute Gasteiger partial charge is 0.281 e. The van der Waals surface area contributed by atoms with Crippen LogP contribution in [0.1, 0.15) is 10.4 Å². The number of hydrogen-bond donors (Lipinski definition) is 2. The Morgan fingerprint density at radius 1 is 1.18 bits per heavy atom. The third kappa shape index (κ3) is 1.76. The molecule has 0 atom stereocenters. The van der Waals surface area contributed by atoms with Crippen molar-refractivity contribution in [2.24, 2.45) is 5.16 Å². The number of nitrogens with one attached hydrogen (secondary N) is 1. The maximum Gasteiger partial charge on any atom is 0.281 e. The summed E-state index contributed by atoms with van der Waals surface area (Å²) >= 11 is 17.4.